The van der Waals surface area contributed by atoms with Crippen LogP contribution in [0.1, 0.15) is 16.7 Å². The van der Waals surface area contributed by atoms with E-state index < -0.39 is 11.7 Å². The maximum atomic E-state index is 12.7. The fraction of sp³-hybridized carbons (Fsp3) is 0.400. The molecule has 1 saturated heterocycles. The summed E-state index contributed by atoms with van der Waals surface area (Å²) >= 11 is 0. The Kier molecular flexibility index (Phi) is 6.18. The SMILES string of the molecule is CN1CCN(c2ccc(CNC(=O)Cc3cccc(C(F)(F)F)c3)cn2)CC1. The van der Waals surface area contributed by atoms with Crippen LogP contribution in [0.5, 0.6) is 0 Å². The van der Waals surface area contributed by atoms with E-state index in [0.29, 0.717) is 5.56 Å². The number of rotatable bonds is 5. The highest BCUT2D eigenvalue weighted by atomic mass is 19.4. The van der Waals surface area contributed by atoms with Gasteiger partial charge in [-0.3, -0.25) is 4.79 Å². The third-order valence-corrected chi connectivity index (χ3v) is 4.75. The molecular weight excluding hydrogens is 369 g/mol. The Morgan fingerprint density at radius 1 is 1.11 bits per heavy atom. The van der Waals surface area contributed by atoms with Crippen molar-refractivity contribution < 1.29 is 18.0 Å². The monoisotopic (exact) mass is 392 g/mol. The summed E-state index contributed by atoms with van der Waals surface area (Å²) in [6.45, 7) is 4.13. The van der Waals surface area contributed by atoms with Crippen molar-refractivity contribution in [3.63, 3.8) is 0 Å². The van der Waals surface area contributed by atoms with Crippen molar-refractivity contribution in [3.05, 3.63) is 59.3 Å². The third-order valence-electron chi connectivity index (χ3n) is 4.75. The molecule has 0 spiro atoms. The summed E-state index contributed by atoms with van der Waals surface area (Å²) < 4.78 is 38.2. The van der Waals surface area contributed by atoms with Gasteiger partial charge in [0.15, 0.2) is 0 Å². The van der Waals surface area contributed by atoms with Crippen molar-refractivity contribution in [1.82, 2.24) is 15.2 Å². The average molecular weight is 392 g/mol. The highest BCUT2D eigenvalue weighted by Crippen LogP contribution is 2.29. The number of amides is 1. The first-order valence-corrected chi connectivity index (χ1v) is 9.12. The molecule has 2 aromatic rings. The van der Waals surface area contributed by atoms with Gasteiger partial charge in [0, 0.05) is 38.9 Å². The molecule has 150 valence electrons. The number of aromatic nitrogens is 1. The minimum atomic E-state index is -4.41. The van der Waals surface area contributed by atoms with Crippen LogP contribution in [-0.2, 0) is 23.9 Å². The van der Waals surface area contributed by atoms with Gasteiger partial charge in [-0.1, -0.05) is 24.3 Å². The maximum absolute atomic E-state index is 12.7. The Morgan fingerprint density at radius 2 is 1.86 bits per heavy atom. The number of hydrogen-bond acceptors (Lipinski definition) is 4. The van der Waals surface area contributed by atoms with Gasteiger partial charge in [-0.25, -0.2) is 4.98 Å². The lowest BCUT2D eigenvalue weighted by Crippen LogP contribution is -2.44. The summed E-state index contributed by atoms with van der Waals surface area (Å²) in [7, 11) is 2.09. The summed E-state index contributed by atoms with van der Waals surface area (Å²) in [6, 6.07) is 8.67. The van der Waals surface area contributed by atoms with Crippen LogP contribution in [0.15, 0.2) is 42.6 Å². The van der Waals surface area contributed by atoms with E-state index in [9.17, 15) is 18.0 Å². The van der Waals surface area contributed by atoms with E-state index in [1.165, 1.54) is 12.1 Å². The van der Waals surface area contributed by atoms with Crippen molar-refractivity contribution in [1.29, 1.82) is 0 Å². The molecule has 1 aromatic carbocycles. The fourth-order valence-corrected chi connectivity index (χ4v) is 3.05. The predicted molar refractivity (Wildman–Crippen MR) is 101 cm³/mol. The van der Waals surface area contributed by atoms with Gasteiger partial charge in [0.2, 0.25) is 5.91 Å². The first kappa shape index (κ1) is 20.1. The number of carbonyl (C=O) groups excluding carboxylic acids is 1. The third kappa shape index (κ3) is 5.45. The van der Waals surface area contributed by atoms with Gasteiger partial charge >= 0.3 is 6.18 Å². The van der Waals surface area contributed by atoms with E-state index in [1.54, 1.807) is 6.20 Å². The maximum Gasteiger partial charge on any atom is 0.416 e. The molecule has 0 radical (unpaired) electrons. The second-order valence-electron chi connectivity index (χ2n) is 6.97. The highest BCUT2D eigenvalue weighted by molar-refractivity contribution is 5.78. The van der Waals surface area contributed by atoms with E-state index in [4.69, 9.17) is 0 Å². The van der Waals surface area contributed by atoms with Crippen molar-refractivity contribution in [2.75, 3.05) is 38.1 Å². The van der Waals surface area contributed by atoms with Gasteiger partial charge in [-0.05, 0) is 30.3 Å². The number of anilines is 1. The van der Waals surface area contributed by atoms with Gasteiger partial charge in [-0.2, -0.15) is 13.2 Å². The number of nitrogens with zero attached hydrogens (tertiary/aromatic N) is 3. The molecule has 2 heterocycles. The Bertz CT molecular complexity index is 800. The van der Waals surface area contributed by atoms with E-state index >= 15 is 0 Å². The van der Waals surface area contributed by atoms with E-state index in [0.717, 1.165) is 49.7 Å². The Hall–Kier alpha value is -2.61. The predicted octanol–water partition coefficient (Wildman–Crippen LogP) is 2.71. The molecule has 28 heavy (non-hydrogen) atoms. The van der Waals surface area contributed by atoms with E-state index in [2.05, 4.69) is 27.1 Å². The number of carbonyl (C=O) groups is 1. The molecule has 0 unspecified atom stereocenters. The zero-order chi connectivity index (χ0) is 20.1. The molecule has 3 rings (SSSR count). The Labute approximate surface area is 162 Å². The molecule has 0 atom stereocenters. The van der Waals surface area contributed by atoms with Gasteiger partial charge in [0.1, 0.15) is 5.82 Å². The molecule has 1 fully saturated rings. The van der Waals surface area contributed by atoms with Gasteiger partial charge < -0.3 is 15.1 Å². The zero-order valence-corrected chi connectivity index (χ0v) is 15.7. The molecule has 5 nitrogen and oxygen atoms in total. The second-order valence-corrected chi connectivity index (χ2v) is 6.97. The topological polar surface area (TPSA) is 48.5 Å². The normalized spacial score (nSPS) is 15.5. The molecule has 0 aliphatic carbocycles. The van der Waals surface area contributed by atoms with Crippen molar-refractivity contribution in [2.45, 2.75) is 19.1 Å². The van der Waals surface area contributed by atoms with Crippen LogP contribution in [0.3, 0.4) is 0 Å². The molecule has 1 amide bonds. The lowest BCUT2D eigenvalue weighted by molar-refractivity contribution is -0.137. The zero-order valence-electron chi connectivity index (χ0n) is 15.7. The van der Waals surface area contributed by atoms with Crippen LogP contribution in [0, 0.1) is 0 Å². The summed E-state index contributed by atoms with van der Waals surface area (Å²) in [5.41, 5.74) is 0.424. The molecule has 1 aromatic heterocycles. The van der Waals surface area contributed by atoms with Gasteiger partial charge in [-0.15, -0.1) is 0 Å². The van der Waals surface area contributed by atoms with Crippen LogP contribution >= 0.6 is 0 Å². The van der Waals surface area contributed by atoms with Crippen LogP contribution < -0.4 is 10.2 Å². The first-order chi connectivity index (χ1) is 13.3. The average Bonchev–Trinajstić information content (AvgIpc) is 2.67. The number of piperazine rings is 1. The summed E-state index contributed by atoms with van der Waals surface area (Å²) in [5.74, 6) is 0.578. The number of likely N-dealkylation sites (N-methyl/N-ethyl adjacent to an activating group) is 1. The number of pyridine rings is 1. The fourth-order valence-electron chi connectivity index (χ4n) is 3.05. The van der Waals surface area contributed by atoms with Crippen molar-refractivity contribution in [2.24, 2.45) is 0 Å². The van der Waals surface area contributed by atoms with Gasteiger partial charge in [0.05, 0.1) is 12.0 Å². The van der Waals surface area contributed by atoms with Crippen molar-refractivity contribution >= 4 is 11.7 Å². The minimum absolute atomic E-state index is 0.100. The number of nitrogens with one attached hydrogen (secondary N) is 1. The van der Waals surface area contributed by atoms with Gasteiger partial charge in [0.25, 0.3) is 0 Å². The smallest absolute Gasteiger partial charge is 0.354 e. The molecule has 1 aliphatic rings. The summed E-state index contributed by atoms with van der Waals surface area (Å²) in [6.07, 6.45) is -2.79. The molecule has 1 N–H and O–H groups in total. The molecule has 0 saturated carbocycles. The Morgan fingerprint density at radius 3 is 2.50 bits per heavy atom. The molecular formula is C20H23F3N4O. The lowest BCUT2D eigenvalue weighted by Gasteiger charge is -2.33. The summed E-state index contributed by atoms with van der Waals surface area (Å²) in [4.78, 5) is 21.0. The summed E-state index contributed by atoms with van der Waals surface area (Å²) in [5, 5.41) is 2.73. The molecule has 1 aliphatic heterocycles. The first-order valence-electron chi connectivity index (χ1n) is 9.12. The van der Waals surface area contributed by atoms with E-state index in [1.807, 2.05) is 12.1 Å². The van der Waals surface area contributed by atoms with Crippen molar-refractivity contribution in [3.8, 4) is 0 Å². The quantitative estimate of drug-likeness (QED) is 0.850. The molecule has 0 bridgehead atoms. The number of halogens is 3. The minimum Gasteiger partial charge on any atom is -0.354 e. The molecule has 8 heteroatoms. The highest BCUT2D eigenvalue weighted by Gasteiger charge is 2.30. The number of benzene rings is 1. The number of hydrogen-bond donors (Lipinski definition) is 1. The Balaban J connectivity index is 1.51. The van der Waals surface area contributed by atoms with E-state index in [-0.39, 0.29) is 18.9 Å². The lowest BCUT2D eigenvalue weighted by atomic mass is 10.1. The standard InChI is InChI=1S/C20H23F3N4O/c1-26-7-9-27(10-8-26)18-6-5-16(13-24-18)14-25-19(28)12-15-3-2-4-17(11-15)20(21,22)23/h2-6,11,13H,7-10,12,14H2,1H3,(H,25,28). The number of alkyl halides is 3. The van der Waals surface area contributed by atoms with Crippen LogP contribution in [0.4, 0.5) is 19.0 Å². The largest absolute Gasteiger partial charge is 0.416 e. The van der Waals surface area contributed by atoms with Crippen LogP contribution in [0.2, 0.25) is 0 Å². The second kappa shape index (κ2) is 8.60. The van der Waals surface area contributed by atoms with Crippen LogP contribution in [-0.4, -0.2) is 49.0 Å². The van der Waals surface area contributed by atoms with Crippen LogP contribution in [0.25, 0.3) is 0 Å².